The van der Waals surface area contributed by atoms with Crippen LogP contribution in [0.15, 0.2) is 191 Å². The van der Waals surface area contributed by atoms with Crippen molar-refractivity contribution in [2.45, 2.75) is 5.41 Å². The van der Waals surface area contributed by atoms with Gasteiger partial charge in [0.2, 0.25) is 0 Å². The number of hydrogen-bond acceptors (Lipinski definition) is 2. The van der Waals surface area contributed by atoms with Crippen LogP contribution >= 0.6 is 0 Å². The van der Waals surface area contributed by atoms with Crippen LogP contribution in [0.3, 0.4) is 0 Å². The highest BCUT2D eigenvalue weighted by molar-refractivity contribution is 6.90. The Morgan fingerprint density at radius 2 is 1.19 bits per heavy atom. The number of benzene rings is 8. The van der Waals surface area contributed by atoms with Crippen LogP contribution in [0.1, 0.15) is 16.7 Å². The number of hydrogen-bond donors (Lipinski definition) is 0. The number of rotatable bonds is 0. The predicted molar refractivity (Wildman–Crippen MR) is 234 cm³/mol. The van der Waals surface area contributed by atoms with Crippen molar-refractivity contribution in [3.8, 4) is 22.3 Å². The zero-order valence-electron chi connectivity index (χ0n) is 30.5. The third kappa shape index (κ3) is 3.08. The Morgan fingerprint density at radius 3 is 2.07 bits per heavy atom. The van der Waals surface area contributed by atoms with Crippen molar-refractivity contribution >= 4 is 83.7 Å². The summed E-state index contributed by atoms with van der Waals surface area (Å²) >= 11 is 0. The molecule has 3 nitrogen and oxygen atoms in total. The van der Waals surface area contributed by atoms with Crippen LogP contribution in [0.5, 0.6) is 0 Å². The minimum absolute atomic E-state index is 0.121. The topological polar surface area (TPSA) is 21.3 Å². The van der Waals surface area contributed by atoms with Crippen molar-refractivity contribution in [2.75, 3.05) is 4.90 Å². The minimum atomic E-state index is -0.564. The molecule has 0 bridgehead atoms. The zero-order valence-corrected chi connectivity index (χ0v) is 30.5. The van der Waals surface area contributed by atoms with Crippen LogP contribution in [-0.4, -0.2) is 11.3 Å². The average Bonchev–Trinajstić information content (AvgIpc) is 3.92. The van der Waals surface area contributed by atoms with Crippen LogP contribution < -0.4 is 15.8 Å². The van der Waals surface area contributed by atoms with Gasteiger partial charge in [0, 0.05) is 60.9 Å². The van der Waals surface area contributed by atoms with Gasteiger partial charge in [-0.15, -0.1) is 0 Å². The number of furan rings is 1. The Hall–Kier alpha value is -7.48. The number of aromatic nitrogens is 1. The lowest BCUT2D eigenvalue weighted by Gasteiger charge is -2.49. The van der Waals surface area contributed by atoms with Crippen LogP contribution in [0.4, 0.5) is 11.4 Å². The molecule has 2 aromatic heterocycles. The SMILES string of the molecule is C1=C=CC2=C(C=1)N1c3c(cccc3C23c2ccccc2-c2ccccc23)B2c3c(cc4c(oc5ccccc54)c31)-c1cccc3c4ccc5ccccc5c4n2c13. The van der Waals surface area contributed by atoms with Crippen LogP contribution in [0.25, 0.3) is 76.8 Å². The number of allylic oxidation sites excluding steroid dienone is 3. The Labute approximate surface area is 327 Å². The van der Waals surface area contributed by atoms with E-state index in [1.165, 1.54) is 93.7 Å². The quantitative estimate of drug-likeness (QED) is 0.115. The Kier molecular flexibility index (Phi) is 4.90. The maximum atomic E-state index is 7.11. The van der Waals surface area contributed by atoms with Crippen molar-refractivity contribution < 1.29 is 4.42 Å². The van der Waals surface area contributed by atoms with E-state index in [9.17, 15) is 0 Å². The molecule has 0 saturated carbocycles. The second-order valence-corrected chi connectivity index (χ2v) is 16.1. The summed E-state index contributed by atoms with van der Waals surface area (Å²) in [5, 5.41) is 7.35. The van der Waals surface area contributed by atoms with Gasteiger partial charge in [-0.05, 0) is 67.9 Å². The summed E-state index contributed by atoms with van der Waals surface area (Å²) in [5.41, 5.74) is 26.9. The largest absolute Gasteiger partial charge is 0.454 e. The molecule has 8 aromatic carbocycles. The number of anilines is 2. The Balaban J connectivity index is 1.20. The Morgan fingerprint density at radius 1 is 0.509 bits per heavy atom. The van der Waals surface area contributed by atoms with E-state index in [4.69, 9.17) is 4.42 Å². The van der Waals surface area contributed by atoms with Gasteiger partial charge >= 0.3 is 6.85 Å². The van der Waals surface area contributed by atoms with E-state index in [1.807, 2.05) is 0 Å². The number of nitrogens with zero attached hydrogens (tertiary/aromatic N) is 2. The molecule has 5 aliphatic rings. The van der Waals surface area contributed by atoms with E-state index in [1.54, 1.807) is 0 Å². The molecule has 10 aromatic rings. The van der Waals surface area contributed by atoms with E-state index in [0.717, 1.165) is 33.3 Å². The lowest BCUT2D eigenvalue weighted by Crippen LogP contribution is -2.59. The molecule has 4 heteroatoms. The van der Waals surface area contributed by atoms with Crippen LogP contribution in [0.2, 0.25) is 0 Å². The molecule has 57 heavy (non-hydrogen) atoms. The molecule has 15 rings (SSSR count). The van der Waals surface area contributed by atoms with Crippen molar-refractivity contribution in [1.82, 2.24) is 4.48 Å². The summed E-state index contributed by atoms with van der Waals surface area (Å²) in [6.45, 7) is -0.121. The van der Waals surface area contributed by atoms with Gasteiger partial charge in [0.05, 0.1) is 16.8 Å². The van der Waals surface area contributed by atoms with Gasteiger partial charge in [0.1, 0.15) is 5.58 Å². The summed E-state index contributed by atoms with van der Waals surface area (Å²) in [5.74, 6) is 0. The molecule has 1 spiro atoms. The predicted octanol–water partition coefficient (Wildman–Crippen LogP) is 11.4. The molecule has 0 amide bonds. The maximum absolute atomic E-state index is 7.11. The van der Waals surface area contributed by atoms with E-state index >= 15 is 0 Å². The molecule has 0 unspecified atom stereocenters. The van der Waals surface area contributed by atoms with E-state index in [-0.39, 0.29) is 6.85 Å². The molecule has 5 heterocycles. The Bertz CT molecular complexity index is 3700. The lowest BCUT2D eigenvalue weighted by molar-refractivity contribution is 0.668. The number of fused-ring (bicyclic) bond motifs is 21. The molecule has 0 fully saturated rings. The highest BCUT2D eigenvalue weighted by Gasteiger charge is 2.56. The second-order valence-electron chi connectivity index (χ2n) is 16.1. The molecule has 0 N–H and O–H groups in total. The smallest absolute Gasteiger partial charge is 0.333 e. The molecule has 0 atom stereocenters. The average molecular weight is 719 g/mol. The monoisotopic (exact) mass is 718 g/mol. The fourth-order valence-corrected chi connectivity index (χ4v) is 11.8. The molecule has 0 saturated heterocycles. The first kappa shape index (κ1) is 28.9. The first-order valence-electron chi connectivity index (χ1n) is 19.8. The van der Waals surface area contributed by atoms with Crippen molar-refractivity contribution in [2.24, 2.45) is 0 Å². The van der Waals surface area contributed by atoms with Crippen LogP contribution in [0, 0.1) is 0 Å². The first-order chi connectivity index (χ1) is 28.3. The van der Waals surface area contributed by atoms with E-state index < -0.39 is 5.41 Å². The first-order valence-corrected chi connectivity index (χ1v) is 19.8. The lowest BCUT2D eigenvalue weighted by atomic mass is 9.43. The van der Waals surface area contributed by atoms with Gasteiger partial charge in [-0.25, -0.2) is 0 Å². The number of para-hydroxylation sites is 3. The summed E-state index contributed by atoms with van der Waals surface area (Å²) in [4.78, 5) is 2.55. The normalized spacial score (nSPS) is 15.6. The summed E-state index contributed by atoms with van der Waals surface area (Å²) in [6, 6.07) is 56.6. The standard InChI is InChI=1S/C53H27BN2O/c1-2-14-31-30(13-1)27-28-37-35-18-11-19-36-38-29-39-34-17-5-10-26-46(34)57-52(39)51-47(38)54(56(48(31)37)49(35)36)44-24-12-23-43-50(44)55(51)45-25-9-8-22-42(45)53(43)40-20-6-3-15-32(40)33-16-4-7-21-41(33)53/h1-7,10-29H. The van der Waals surface area contributed by atoms with Gasteiger partial charge in [0.25, 0.3) is 0 Å². The van der Waals surface area contributed by atoms with Gasteiger partial charge in [0.15, 0.2) is 5.58 Å². The van der Waals surface area contributed by atoms with Crippen molar-refractivity contribution in [3.63, 3.8) is 0 Å². The molecular formula is C53H27BN2O. The summed E-state index contributed by atoms with van der Waals surface area (Å²) < 4.78 is 9.80. The van der Waals surface area contributed by atoms with Gasteiger partial charge in [-0.2, -0.15) is 0 Å². The molecule has 2 aliphatic carbocycles. The molecule has 3 aliphatic heterocycles. The van der Waals surface area contributed by atoms with Crippen molar-refractivity contribution in [3.05, 3.63) is 203 Å². The third-order valence-corrected chi connectivity index (χ3v) is 13.8. The third-order valence-electron chi connectivity index (χ3n) is 13.8. The van der Waals surface area contributed by atoms with Gasteiger partial charge in [-0.3, -0.25) is 0 Å². The summed E-state index contributed by atoms with van der Waals surface area (Å²) in [6.07, 6.45) is 4.37. The molecule has 258 valence electrons. The van der Waals surface area contributed by atoms with Gasteiger partial charge in [-0.1, -0.05) is 151 Å². The van der Waals surface area contributed by atoms with E-state index in [0.29, 0.717) is 0 Å². The highest BCUT2D eigenvalue weighted by atomic mass is 16.3. The fraction of sp³-hybridized carbons (Fsp3) is 0.0189. The second kappa shape index (κ2) is 9.66. The molecule has 0 radical (unpaired) electrons. The van der Waals surface area contributed by atoms with E-state index in [2.05, 4.69) is 185 Å². The maximum Gasteiger partial charge on any atom is 0.333 e. The minimum Gasteiger partial charge on any atom is -0.454 e. The zero-order chi connectivity index (χ0) is 36.7. The molecular weight excluding hydrogens is 691 g/mol. The highest BCUT2D eigenvalue weighted by Crippen LogP contribution is 2.63. The van der Waals surface area contributed by atoms with Gasteiger partial charge < -0.3 is 13.8 Å². The van der Waals surface area contributed by atoms with Crippen LogP contribution in [-0.2, 0) is 5.41 Å². The summed E-state index contributed by atoms with van der Waals surface area (Å²) in [7, 11) is 0. The fourth-order valence-electron chi connectivity index (χ4n) is 11.8. The van der Waals surface area contributed by atoms with Crippen molar-refractivity contribution in [1.29, 1.82) is 0 Å².